The van der Waals surface area contributed by atoms with Crippen LogP contribution in [-0.4, -0.2) is 12.6 Å². The Morgan fingerprint density at radius 3 is 2.15 bits per heavy atom. The number of rotatable bonds is 3. The molecule has 1 aliphatic heterocycles. The van der Waals surface area contributed by atoms with Gasteiger partial charge in [-0.1, -0.05) is 48.0 Å². The molecule has 1 fully saturated rings. The number of hydrogen-bond acceptors (Lipinski definition) is 1. The van der Waals surface area contributed by atoms with Crippen LogP contribution in [0.4, 0.5) is 0 Å². The maximum atomic E-state index is 3.52. The van der Waals surface area contributed by atoms with Crippen molar-refractivity contribution in [3.8, 4) is 0 Å². The van der Waals surface area contributed by atoms with Crippen molar-refractivity contribution in [2.75, 3.05) is 6.54 Å². The summed E-state index contributed by atoms with van der Waals surface area (Å²) in [5.41, 5.74) is 0.600. The van der Waals surface area contributed by atoms with E-state index in [4.69, 9.17) is 0 Å². The van der Waals surface area contributed by atoms with E-state index in [9.17, 15) is 0 Å². The fourth-order valence-corrected chi connectivity index (χ4v) is 2.42. The Morgan fingerprint density at radius 1 is 1.38 bits per heavy atom. The van der Waals surface area contributed by atoms with E-state index >= 15 is 0 Å². The van der Waals surface area contributed by atoms with Gasteiger partial charge >= 0.3 is 0 Å². The normalized spacial score (nSPS) is 32.1. The molecule has 2 unspecified atom stereocenters. The first kappa shape index (κ1) is 13.0. The average molecular weight is 185 g/mol. The Morgan fingerprint density at radius 2 is 1.92 bits per heavy atom. The van der Waals surface area contributed by atoms with Gasteiger partial charge in [-0.05, 0) is 17.8 Å². The van der Waals surface area contributed by atoms with Gasteiger partial charge in [0.1, 0.15) is 0 Å². The second kappa shape index (κ2) is 5.64. The van der Waals surface area contributed by atoms with E-state index in [1.165, 1.54) is 19.4 Å². The molecule has 0 amide bonds. The zero-order valence-electron chi connectivity index (χ0n) is 10.3. The summed E-state index contributed by atoms with van der Waals surface area (Å²) in [6.45, 7) is 14.5. The summed E-state index contributed by atoms with van der Waals surface area (Å²) in [5, 5.41) is 3.52. The van der Waals surface area contributed by atoms with Gasteiger partial charge in [0.2, 0.25) is 0 Å². The first-order valence-electron chi connectivity index (χ1n) is 5.83. The molecule has 0 aromatic carbocycles. The molecule has 80 valence electrons. The lowest BCUT2D eigenvalue weighted by molar-refractivity contribution is 0.0580. The lowest BCUT2D eigenvalue weighted by Crippen LogP contribution is -2.63. The van der Waals surface area contributed by atoms with Crippen molar-refractivity contribution in [3.63, 3.8) is 0 Å². The van der Waals surface area contributed by atoms with Gasteiger partial charge in [-0.3, -0.25) is 0 Å². The summed E-state index contributed by atoms with van der Waals surface area (Å²) < 4.78 is 0. The quantitative estimate of drug-likeness (QED) is 0.710. The van der Waals surface area contributed by atoms with E-state index in [-0.39, 0.29) is 0 Å². The Labute approximate surface area is 84.3 Å². The third-order valence-electron chi connectivity index (χ3n) is 2.96. The van der Waals surface area contributed by atoms with Crippen molar-refractivity contribution in [2.45, 2.75) is 60.4 Å². The second-order valence-corrected chi connectivity index (χ2v) is 4.51. The Balaban J connectivity index is 0.000000671. The smallest absolute Gasteiger partial charge is 0.0156 e. The van der Waals surface area contributed by atoms with E-state index in [0.717, 1.165) is 12.0 Å². The minimum atomic E-state index is 0.600. The van der Waals surface area contributed by atoms with Crippen molar-refractivity contribution in [3.05, 3.63) is 0 Å². The van der Waals surface area contributed by atoms with Crippen LogP contribution in [0, 0.1) is 11.3 Å². The molecule has 2 atom stereocenters. The van der Waals surface area contributed by atoms with E-state index in [1.54, 1.807) is 0 Å². The number of nitrogens with one attached hydrogen (secondary N) is 1. The molecule has 0 saturated carbocycles. The fourth-order valence-electron chi connectivity index (χ4n) is 2.42. The van der Waals surface area contributed by atoms with E-state index in [1.807, 2.05) is 13.8 Å². The van der Waals surface area contributed by atoms with Crippen LogP contribution in [0.1, 0.15) is 54.4 Å². The largest absolute Gasteiger partial charge is 0.313 e. The summed E-state index contributed by atoms with van der Waals surface area (Å²) in [6, 6.07) is 0.766. The third kappa shape index (κ3) is 2.98. The van der Waals surface area contributed by atoms with Crippen molar-refractivity contribution < 1.29 is 0 Å². The molecule has 1 heterocycles. The Kier molecular flexibility index (Phi) is 5.62. The minimum absolute atomic E-state index is 0.600. The lowest BCUT2D eigenvalue weighted by Gasteiger charge is -2.50. The van der Waals surface area contributed by atoms with Crippen LogP contribution in [0.5, 0.6) is 0 Å². The summed E-state index contributed by atoms with van der Waals surface area (Å²) in [7, 11) is 0. The molecule has 1 nitrogen and oxygen atoms in total. The van der Waals surface area contributed by atoms with Gasteiger partial charge in [0.25, 0.3) is 0 Å². The molecule has 1 rings (SSSR count). The first-order chi connectivity index (χ1) is 6.10. The highest BCUT2D eigenvalue weighted by Gasteiger charge is 2.42. The van der Waals surface area contributed by atoms with Crippen molar-refractivity contribution in [2.24, 2.45) is 11.3 Å². The molecular formula is C12H27N. The molecule has 1 saturated heterocycles. The van der Waals surface area contributed by atoms with Gasteiger partial charge < -0.3 is 5.32 Å². The summed E-state index contributed by atoms with van der Waals surface area (Å²) in [5.74, 6) is 0.792. The molecule has 13 heavy (non-hydrogen) atoms. The highest BCUT2D eigenvalue weighted by atomic mass is 15.0. The lowest BCUT2D eigenvalue weighted by atomic mass is 9.68. The van der Waals surface area contributed by atoms with Crippen LogP contribution in [0.3, 0.4) is 0 Å². The van der Waals surface area contributed by atoms with Crippen LogP contribution in [0.15, 0.2) is 0 Å². The first-order valence-corrected chi connectivity index (χ1v) is 5.83. The standard InChI is InChI=1S/C10H21N.C2H6/c1-5-6-10(4)7-11-9(10)8(2)3;1-2/h8-9,11H,5-7H2,1-4H3;1-2H3. The summed E-state index contributed by atoms with van der Waals surface area (Å²) in [4.78, 5) is 0. The van der Waals surface area contributed by atoms with Crippen molar-refractivity contribution in [1.82, 2.24) is 5.32 Å². The predicted octanol–water partition coefficient (Wildman–Crippen LogP) is 3.45. The summed E-state index contributed by atoms with van der Waals surface area (Å²) >= 11 is 0. The maximum Gasteiger partial charge on any atom is 0.0156 e. The molecule has 1 aliphatic rings. The highest BCUT2D eigenvalue weighted by Crippen LogP contribution is 2.37. The van der Waals surface area contributed by atoms with Gasteiger partial charge in [0.15, 0.2) is 0 Å². The highest BCUT2D eigenvalue weighted by molar-refractivity contribution is 4.99. The molecule has 0 aromatic rings. The molecule has 0 radical (unpaired) electrons. The SMILES string of the molecule is CC.CCCC1(C)CNC1C(C)C. The van der Waals surface area contributed by atoms with Gasteiger partial charge in [0, 0.05) is 12.6 Å². The van der Waals surface area contributed by atoms with Gasteiger partial charge in [-0.2, -0.15) is 0 Å². The van der Waals surface area contributed by atoms with Gasteiger partial charge in [-0.25, -0.2) is 0 Å². The molecule has 0 aromatic heterocycles. The van der Waals surface area contributed by atoms with Crippen LogP contribution in [0.25, 0.3) is 0 Å². The molecular weight excluding hydrogens is 158 g/mol. The van der Waals surface area contributed by atoms with Crippen LogP contribution in [0.2, 0.25) is 0 Å². The van der Waals surface area contributed by atoms with Gasteiger partial charge in [0.05, 0.1) is 0 Å². The minimum Gasteiger partial charge on any atom is -0.313 e. The monoisotopic (exact) mass is 185 g/mol. The van der Waals surface area contributed by atoms with Crippen LogP contribution in [-0.2, 0) is 0 Å². The Hall–Kier alpha value is -0.0400. The van der Waals surface area contributed by atoms with E-state index in [0.29, 0.717) is 5.41 Å². The van der Waals surface area contributed by atoms with Gasteiger partial charge in [-0.15, -0.1) is 0 Å². The maximum absolute atomic E-state index is 3.52. The molecule has 1 heteroatoms. The summed E-state index contributed by atoms with van der Waals surface area (Å²) in [6.07, 6.45) is 2.70. The second-order valence-electron chi connectivity index (χ2n) is 4.51. The Bertz CT molecular complexity index is 131. The van der Waals surface area contributed by atoms with Crippen molar-refractivity contribution in [1.29, 1.82) is 0 Å². The van der Waals surface area contributed by atoms with Crippen molar-refractivity contribution >= 4 is 0 Å². The molecule has 0 bridgehead atoms. The van der Waals surface area contributed by atoms with Crippen LogP contribution >= 0.6 is 0 Å². The van der Waals surface area contributed by atoms with Crippen LogP contribution < -0.4 is 5.32 Å². The predicted molar refractivity (Wildman–Crippen MR) is 61.0 cm³/mol. The fraction of sp³-hybridized carbons (Fsp3) is 1.00. The zero-order valence-corrected chi connectivity index (χ0v) is 10.3. The van der Waals surface area contributed by atoms with E-state index < -0.39 is 0 Å². The topological polar surface area (TPSA) is 12.0 Å². The zero-order chi connectivity index (χ0) is 10.5. The molecule has 0 aliphatic carbocycles. The average Bonchev–Trinajstić information content (AvgIpc) is 2.06. The third-order valence-corrected chi connectivity index (χ3v) is 2.96. The van der Waals surface area contributed by atoms with E-state index in [2.05, 4.69) is 33.0 Å². The number of hydrogen-bond donors (Lipinski definition) is 1. The molecule has 0 spiro atoms. The molecule has 1 N–H and O–H groups in total.